The Bertz CT molecular complexity index is 293. The smallest absolute Gasteiger partial charge is 0.255 e. The average molecular weight is 318 g/mol. The Kier molecular flexibility index (Phi) is 4.18. The Morgan fingerprint density at radius 3 is 2.69 bits per heavy atom. The summed E-state index contributed by atoms with van der Waals surface area (Å²) in [5, 5.41) is 3.14. The molecule has 0 heterocycles. The predicted octanol–water partition coefficient (Wildman–Crippen LogP) is 3.62. The Balaban J connectivity index is 2.63. The molecule has 0 saturated carbocycles. The monoisotopic (exact) mass is 317 g/mol. The van der Waals surface area contributed by atoms with Crippen LogP contribution in [0.25, 0.3) is 0 Å². The molecular formula is C8H7ClF2IN. The lowest BCUT2D eigenvalue weighted by Gasteiger charge is -2.06. The molecule has 0 amide bonds. The van der Waals surface area contributed by atoms with Gasteiger partial charge in [0, 0.05) is 9.26 Å². The second kappa shape index (κ2) is 4.95. The lowest BCUT2D eigenvalue weighted by atomic mass is 10.3. The summed E-state index contributed by atoms with van der Waals surface area (Å²) in [5.41, 5.74) is 0.616. The largest absolute Gasteiger partial charge is 0.379 e. The van der Waals surface area contributed by atoms with Gasteiger partial charge in [0.1, 0.15) is 0 Å². The summed E-state index contributed by atoms with van der Waals surface area (Å²) >= 11 is 7.87. The van der Waals surface area contributed by atoms with Gasteiger partial charge in [-0.05, 0) is 40.8 Å². The van der Waals surface area contributed by atoms with Gasteiger partial charge in [-0.3, -0.25) is 0 Å². The zero-order chi connectivity index (χ0) is 9.84. The number of alkyl halides is 2. The third-order valence-electron chi connectivity index (χ3n) is 1.38. The van der Waals surface area contributed by atoms with Gasteiger partial charge >= 0.3 is 0 Å². The first kappa shape index (κ1) is 11.0. The van der Waals surface area contributed by atoms with E-state index in [-0.39, 0.29) is 6.54 Å². The lowest BCUT2D eigenvalue weighted by molar-refractivity contribution is 0.163. The van der Waals surface area contributed by atoms with Crippen molar-refractivity contribution in [1.82, 2.24) is 0 Å². The maximum atomic E-state index is 11.8. The molecule has 0 spiro atoms. The van der Waals surface area contributed by atoms with Crippen LogP contribution in [0.4, 0.5) is 14.5 Å². The van der Waals surface area contributed by atoms with Crippen LogP contribution in [0.15, 0.2) is 18.2 Å². The van der Waals surface area contributed by atoms with Gasteiger partial charge in [-0.1, -0.05) is 11.6 Å². The van der Waals surface area contributed by atoms with Crippen LogP contribution in [0.5, 0.6) is 0 Å². The molecule has 1 nitrogen and oxygen atoms in total. The minimum atomic E-state index is -2.35. The second-order valence-corrected chi connectivity index (χ2v) is 3.97. The van der Waals surface area contributed by atoms with Crippen molar-refractivity contribution in [3.05, 3.63) is 26.8 Å². The highest BCUT2D eigenvalue weighted by Crippen LogP contribution is 2.22. The van der Waals surface area contributed by atoms with Crippen LogP contribution in [-0.2, 0) is 0 Å². The molecule has 0 aliphatic carbocycles. The van der Waals surface area contributed by atoms with Gasteiger partial charge in [0.25, 0.3) is 6.43 Å². The first-order valence-corrected chi connectivity index (χ1v) is 5.02. The van der Waals surface area contributed by atoms with E-state index >= 15 is 0 Å². The van der Waals surface area contributed by atoms with Gasteiger partial charge in [-0.2, -0.15) is 0 Å². The van der Waals surface area contributed by atoms with Crippen LogP contribution in [0.1, 0.15) is 0 Å². The topological polar surface area (TPSA) is 12.0 Å². The third-order valence-corrected chi connectivity index (χ3v) is 2.95. The normalized spacial score (nSPS) is 10.5. The van der Waals surface area contributed by atoms with Crippen LogP contribution >= 0.6 is 34.2 Å². The van der Waals surface area contributed by atoms with Gasteiger partial charge in [0.15, 0.2) is 0 Å². The molecule has 1 rings (SSSR count). The summed E-state index contributed by atoms with van der Waals surface area (Å²) in [4.78, 5) is 0. The van der Waals surface area contributed by atoms with E-state index in [2.05, 4.69) is 27.9 Å². The molecule has 0 aliphatic heterocycles. The van der Waals surface area contributed by atoms with Crippen molar-refractivity contribution in [3.8, 4) is 0 Å². The van der Waals surface area contributed by atoms with Gasteiger partial charge < -0.3 is 5.32 Å². The van der Waals surface area contributed by atoms with E-state index in [1.54, 1.807) is 18.2 Å². The van der Waals surface area contributed by atoms with Gasteiger partial charge in [0.05, 0.1) is 11.6 Å². The molecule has 0 bridgehead atoms. The summed E-state index contributed by atoms with van der Waals surface area (Å²) in [6.45, 7) is -0.350. The first-order chi connectivity index (χ1) is 6.09. The van der Waals surface area contributed by atoms with E-state index in [0.29, 0.717) is 10.7 Å². The molecule has 0 unspecified atom stereocenters. The molecule has 0 saturated heterocycles. The fourth-order valence-electron chi connectivity index (χ4n) is 0.801. The summed E-state index contributed by atoms with van der Waals surface area (Å²) in [5.74, 6) is 0. The van der Waals surface area contributed by atoms with Crippen molar-refractivity contribution in [3.63, 3.8) is 0 Å². The van der Waals surface area contributed by atoms with Gasteiger partial charge in [-0.25, -0.2) is 8.78 Å². The summed E-state index contributed by atoms with van der Waals surface area (Å²) in [6.07, 6.45) is -2.35. The minimum Gasteiger partial charge on any atom is -0.379 e. The van der Waals surface area contributed by atoms with E-state index in [4.69, 9.17) is 11.6 Å². The summed E-state index contributed by atoms with van der Waals surface area (Å²) in [6, 6.07) is 5.12. The highest BCUT2D eigenvalue weighted by atomic mass is 127. The van der Waals surface area contributed by atoms with E-state index in [1.165, 1.54) is 0 Å². The highest BCUT2D eigenvalue weighted by molar-refractivity contribution is 14.1. The minimum absolute atomic E-state index is 0.350. The zero-order valence-corrected chi connectivity index (χ0v) is 9.44. The van der Waals surface area contributed by atoms with Crippen molar-refractivity contribution in [2.75, 3.05) is 11.9 Å². The molecule has 13 heavy (non-hydrogen) atoms. The van der Waals surface area contributed by atoms with E-state index in [1.807, 2.05) is 0 Å². The van der Waals surface area contributed by atoms with Crippen molar-refractivity contribution in [1.29, 1.82) is 0 Å². The number of rotatable bonds is 3. The third kappa shape index (κ3) is 3.64. The Morgan fingerprint density at radius 1 is 1.46 bits per heavy atom. The Hall–Kier alpha value is -0.100. The average Bonchev–Trinajstić information content (AvgIpc) is 2.07. The fraction of sp³-hybridized carbons (Fsp3) is 0.250. The van der Waals surface area contributed by atoms with Crippen LogP contribution in [-0.4, -0.2) is 13.0 Å². The molecule has 1 aromatic rings. The molecule has 0 atom stereocenters. The molecule has 1 N–H and O–H groups in total. The summed E-state index contributed by atoms with van der Waals surface area (Å²) in [7, 11) is 0. The van der Waals surface area contributed by atoms with Crippen LogP contribution in [0, 0.1) is 3.57 Å². The first-order valence-electron chi connectivity index (χ1n) is 3.56. The molecule has 0 fully saturated rings. The van der Waals surface area contributed by atoms with Crippen LogP contribution in [0.3, 0.4) is 0 Å². The molecule has 0 radical (unpaired) electrons. The quantitative estimate of drug-likeness (QED) is 0.840. The molecule has 1 aromatic carbocycles. The molecule has 72 valence electrons. The second-order valence-electron chi connectivity index (χ2n) is 2.40. The van der Waals surface area contributed by atoms with E-state index < -0.39 is 6.43 Å². The Labute approximate surface area is 93.6 Å². The predicted molar refractivity (Wildman–Crippen MR) is 58.7 cm³/mol. The number of hydrogen-bond donors (Lipinski definition) is 1. The van der Waals surface area contributed by atoms with Crippen molar-refractivity contribution in [2.45, 2.75) is 6.43 Å². The SMILES string of the molecule is FC(F)CNc1ccc(I)c(Cl)c1. The number of hydrogen-bond acceptors (Lipinski definition) is 1. The van der Waals surface area contributed by atoms with Crippen LogP contribution < -0.4 is 5.32 Å². The number of halogens is 4. The molecule has 0 aromatic heterocycles. The van der Waals surface area contributed by atoms with Gasteiger partial charge in [-0.15, -0.1) is 0 Å². The maximum Gasteiger partial charge on any atom is 0.255 e. The van der Waals surface area contributed by atoms with E-state index in [9.17, 15) is 8.78 Å². The van der Waals surface area contributed by atoms with Crippen LogP contribution in [0.2, 0.25) is 5.02 Å². The van der Waals surface area contributed by atoms with Crippen molar-refractivity contribution < 1.29 is 8.78 Å². The van der Waals surface area contributed by atoms with Crippen molar-refractivity contribution in [2.24, 2.45) is 0 Å². The number of benzene rings is 1. The fourth-order valence-corrected chi connectivity index (χ4v) is 1.32. The molecule has 0 aliphatic rings. The maximum absolute atomic E-state index is 11.8. The highest BCUT2D eigenvalue weighted by Gasteiger charge is 2.02. The molecule has 5 heteroatoms. The number of anilines is 1. The van der Waals surface area contributed by atoms with E-state index in [0.717, 1.165) is 3.57 Å². The lowest BCUT2D eigenvalue weighted by Crippen LogP contribution is -2.09. The molecular weight excluding hydrogens is 310 g/mol. The Morgan fingerprint density at radius 2 is 2.15 bits per heavy atom. The zero-order valence-electron chi connectivity index (χ0n) is 6.53. The number of nitrogens with one attached hydrogen (secondary N) is 1. The standard InChI is InChI=1S/C8H7ClF2IN/c9-6-3-5(1-2-7(6)12)13-4-8(10)11/h1-3,8,13H,4H2. The summed E-state index contributed by atoms with van der Waals surface area (Å²) < 4.78 is 24.5. The van der Waals surface area contributed by atoms with Crippen molar-refractivity contribution >= 4 is 39.9 Å². The van der Waals surface area contributed by atoms with Gasteiger partial charge in [0.2, 0.25) is 0 Å².